The Bertz CT molecular complexity index is 884. The van der Waals surface area contributed by atoms with Crippen LogP contribution >= 0.6 is 23.1 Å². The number of anilines is 1. The van der Waals surface area contributed by atoms with E-state index >= 15 is 0 Å². The molecular weight excluding hydrogens is 342 g/mol. The maximum Gasteiger partial charge on any atom is 0.205 e. The molecule has 24 heavy (non-hydrogen) atoms. The first-order valence-corrected chi connectivity index (χ1v) is 9.68. The summed E-state index contributed by atoms with van der Waals surface area (Å²) in [6, 6.07) is 6.04. The fourth-order valence-electron chi connectivity index (χ4n) is 3.45. The van der Waals surface area contributed by atoms with Crippen molar-refractivity contribution >= 4 is 39.3 Å². The number of halogens is 1. The van der Waals surface area contributed by atoms with E-state index in [0.29, 0.717) is 5.92 Å². The lowest BCUT2D eigenvalue weighted by Gasteiger charge is -2.33. The summed E-state index contributed by atoms with van der Waals surface area (Å²) >= 11 is 7.64. The van der Waals surface area contributed by atoms with Crippen LogP contribution in [0.15, 0.2) is 18.2 Å². The molecule has 2 aliphatic rings. The van der Waals surface area contributed by atoms with Gasteiger partial charge in [-0.15, -0.1) is 0 Å². The van der Waals surface area contributed by atoms with Gasteiger partial charge in [-0.25, -0.2) is 9.97 Å². The number of aromatic amines is 1. The van der Waals surface area contributed by atoms with E-state index in [1.165, 1.54) is 37.2 Å². The molecule has 1 unspecified atom stereocenters. The molecule has 5 nitrogen and oxygen atoms in total. The molecule has 0 amide bonds. The van der Waals surface area contributed by atoms with Gasteiger partial charge in [0.25, 0.3) is 0 Å². The third kappa shape index (κ3) is 2.58. The molecule has 2 aromatic heterocycles. The molecule has 1 aromatic carbocycles. The molecule has 2 fully saturated rings. The monoisotopic (exact) mass is 359 g/mol. The fraction of sp³-hybridized carbons (Fsp3) is 0.471. The molecule has 0 bridgehead atoms. The molecule has 3 aromatic rings. The number of benzene rings is 1. The Morgan fingerprint density at radius 3 is 2.96 bits per heavy atom. The molecule has 0 radical (unpaired) electrons. The average molecular weight is 360 g/mol. The molecule has 1 saturated carbocycles. The minimum absolute atomic E-state index is 0.241. The van der Waals surface area contributed by atoms with Gasteiger partial charge >= 0.3 is 0 Å². The van der Waals surface area contributed by atoms with Crippen molar-refractivity contribution < 1.29 is 0 Å². The van der Waals surface area contributed by atoms with Gasteiger partial charge in [0.1, 0.15) is 11.6 Å². The maximum absolute atomic E-state index is 6.10. The zero-order valence-electron chi connectivity index (χ0n) is 13.2. The Balaban J connectivity index is 1.50. The van der Waals surface area contributed by atoms with Gasteiger partial charge in [-0.05, 0) is 50.3 Å². The van der Waals surface area contributed by atoms with Gasteiger partial charge in [-0.1, -0.05) is 11.6 Å². The third-order valence-electron chi connectivity index (χ3n) is 4.90. The van der Waals surface area contributed by atoms with Crippen LogP contribution in [0.5, 0.6) is 0 Å². The van der Waals surface area contributed by atoms with Crippen molar-refractivity contribution in [1.29, 1.82) is 0 Å². The van der Waals surface area contributed by atoms with Crippen LogP contribution in [0.2, 0.25) is 5.02 Å². The fourth-order valence-corrected chi connectivity index (χ4v) is 4.45. The predicted octanol–water partition coefficient (Wildman–Crippen LogP) is 4.68. The number of nitrogens with one attached hydrogen (secondary N) is 1. The van der Waals surface area contributed by atoms with E-state index in [1.54, 1.807) is 0 Å². The number of hydrogen-bond donors (Lipinski definition) is 1. The smallest absolute Gasteiger partial charge is 0.205 e. The number of imidazole rings is 1. The minimum Gasteiger partial charge on any atom is -0.340 e. The first kappa shape index (κ1) is 14.7. The summed E-state index contributed by atoms with van der Waals surface area (Å²) in [5.74, 6) is 2.65. The van der Waals surface area contributed by atoms with Gasteiger partial charge in [0, 0.05) is 29.0 Å². The van der Waals surface area contributed by atoms with Crippen LogP contribution in [-0.2, 0) is 0 Å². The normalized spacial score (nSPS) is 21.5. The van der Waals surface area contributed by atoms with Crippen LogP contribution in [0, 0.1) is 0 Å². The van der Waals surface area contributed by atoms with E-state index < -0.39 is 0 Å². The van der Waals surface area contributed by atoms with Crippen molar-refractivity contribution in [2.75, 3.05) is 11.4 Å². The first-order chi connectivity index (χ1) is 11.8. The number of H-pyrrole nitrogens is 1. The highest BCUT2D eigenvalue weighted by molar-refractivity contribution is 7.09. The summed E-state index contributed by atoms with van der Waals surface area (Å²) in [6.45, 7) is 1.02. The van der Waals surface area contributed by atoms with Crippen molar-refractivity contribution in [2.24, 2.45) is 0 Å². The molecule has 1 saturated heterocycles. The third-order valence-corrected chi connectivity index (χ3v) is 5.90. The van der Waals surface area contributed by atoms with E-state index in [0.717, 1.165) is 45.8 Å². The number of hydrogen-bond acceptors (Lipinski definition) is 5. The van der Waals surface area contributed by atoms with Gasteiger partial charge in [-0.2, -0.15) is 4.37 Å². The molecule has 1 atom stereocenters. The Kier molecular flexibility index (Phi) is 3.49. The molecule has 5 rings (SSSR count). The first-order valence-electron chi connectivity index (χ1n) is 8.53. The Labute approximate surface area is 149 Å². The van der Waals surface area contributed by atoms with E-state index in [-0.39, 0.29) is 6.04 Å². The summed E-state index contributed by atoms with van der Waals surface area (Å²) in [6.07, 6.45) is 5.98. The summed E-state index contributed by atoms with van der Waals surface area (Å²) < 4.78 is 4.58. The van der Waals surface area contributed by atoms with Crippen LogP contribution in [0.1, 0.15) is 55.7 Å². The second kappa shape index (κ2) is 5.70. The standard InChI is InChI=1S/C17H18ClN5S/c18-11-6-7-12-13(9-11)20-16(19-12)14-3-1-2-8-23(14)17-21-15(22-24-17)10-4-5-10/h6-7,9-10,14H,1-5,8H2,(H,19,20). The van der Waals surface area contributed by atoms with Gasteiger partial charge in [0.15, 0.2) is 0 Å². The van der Waals surface area contributed by atoms with E-state index in [4.69, 9.17) is 21.6 Å². The molecule has 0 spiro atoms. The highest BCUT2D eigenvalue weighted by atomic mass is 35.5. The Morgan fingerprint density at radius 1 is 1.17 bits per heavy atom. The largest absolute Gasteiger partial charge is 0.340 e. The van der Waals surface area contributed by atoms with Crippen LogP contribution in [-0.4, -0.2) is 25.9 Å². The van der Waals surface area contributed by atoms with Crippen molar-refractivity contribution in [3.8, 4) is 0 Å². The van der Waals surface area contributed by atoms with Gasteiger partial charge in [0.2, 0.25) is 5.13 Å². The van der Waals surface area contributed by atoms with Gasteiger partial charge in [-0.3, -0.25) is 0 Å². The quantitative estimate of drug-likeness (QED) is 0.737. The second-order valence-corrected chi connectivity index (χ2v) is 7.86. The van der Waals surface area contributed by atoms with E-state index in [2.05, 4.69) is 14.3 Å². The molecule has 3 heterocycles. The number of rotatable bonds is 3. The van der Waals surface area contributed by atoms with Crippen molar-refractivity contribution in [3.63, 3.8) is 0 Å². The Morgan fingerprint density at radius 2 is 2.08 bits per heavy atom. The van der Waals surface area contributed by atoms with E-state index in [9.17, 15) is 0 Å². The summed E-state index contributed by atoms with van der Waals surface area (Å²) in [7, 11) is 0. The molecular formula is C17H18ClN5S. The maximum atomic E-state index is 6.10. The molecule has 1 N–H and O–H groups in total. The SMILES string of the molecule is Clc1ccc2nc(C3CCCCN3c3nc(C4CC4)ns3)[nH]c2c1. The van der Waals surface area contributed by atoms with Crippen LogP contribution < -0.4 is 4.90 Å². The van der Waals surface area contributed by atoms with Crippen molar-refractivity contribution in [2.45, 2.75) is 44.1 Å². The van der Waals surface area contributed by atoms with Gasteiger partial charge < -0.3 is 9.88 Å². The van der Waals surface area contributed by atoms with Gasteiger partial charge in [0.05, 0.1) is 17.1 Å². The number of nitrogens with zero attached hydrogens (tertiary/aromatic N) is 4. The van der Waals surface area contributed by atoms with E-state index in [1.807, 2.05) is 18.2 Å². The second-order valence-electron chi connectivity index (χ2n) is 6.70. The zero-order chi connectivity index (χ0) is 16.1. The van der Waals surface area contributed by atoms with Crippen LogP contribution in [0.4, 0.5) is 5.13 Å². The summed E-state index contributed by atoms with van der Waals surface area (Å²) in [5, 5.41) is 1.77. The highest BCUT2D eigenvalue weighted by Crippen LogP contribution is 2.41. The lowest BCUT2D eigenvalue weighted by Crippen LogP contribution is -2.34. The van der Waals surface area contributed by atoms with Crippen molar-refractivity contribution in [1.82, 2.24) is 19.3 Å². The number of aromatic nitrogens is 4. The lowest BCUT2D eigenvalue weighted by atomic mass is 10.0. The zero-order valence-corrected chi connectivity index (χ0v) is 14.8. The number of piperidine rings is 1. The summed E-state index contributed by atoms with van der Waals surface area (Å²) in [5.41, 5.74) is 1.97. The minimum atomic E-state index is 0.241. The molecule has 1 aliphatic carbocycles. The van der Waals surface area contributed by atoms with Crippen molar-refractivity contribution in [3.05, 3.63) is 34.9 Å². The average Bonchev–Trinajstić information content (AvgIpc) is 3.18. The van der Waals surface area contributed by atoms with Crippen LogP contribution in [0.25, 0.3) is 11.0 Å². The molecule has 1 aliphatic heterocycles. The van der Waals surface area contributed by atoms with Crippen LogP contribution in [0.3, 0.4) is 0 Å². The lowest BCUT2D eigenvalue weighted by molar-refractivity contribution is 0.459. The predicted molar refractivity (Wildman–Crippen MR) is 96.9 cm³/mol. The Hall–Kier alpha value is -1.66. The topological polar surface area (TPSA) is 57.7 Å². The summed E-state index contributed by atoms with van der Waals surface area (Å²) in [4.78, 5) is 15.5. The molecule has 7 heteroatoms. The molecule has 124 valence electrons. The number of fused-ring (bicyclic) bond motifs is 1. The highest BCUT2D eigenvalue weighted by Gasteiger charge is 2.32.